The Kier molecular flexibility index (Phi) is 1.44. The lowest BCUT2D eigenvalue weighted by atomic mass is 9.92. The molecule has 0 radical (unpaired) electrons. The largest absolute Gasteiger partial charge is 0.465 e. The van der Waals surface area contributed by atoms with Crippen molar-refractivity contribution in [1.29, 1.82) is 0 Å². The number of carbonyl (C=O) groups is 2. The van der Waals surface area contributed by atoms with E-state index in [9.17, 15) is 9.59 Å². The number of esters is 1. The van der Waals surface area contributed by atoms with Crippen LogP contribution >= 0.6 is 0 Å². The molecule has 0 unspecified atom stereocenters. The molecule has 60 valence electrons. The Morgan fingerprint density at radius 3 is 2.64 bits per heavy atom. The van der Waals surface area contributed by atoms with Crippen LogP contribution in [0.4, 0.5) is 0 Å². The first-order valence-corrected chi connectivity index (χ1v) is 3.93. The molecule has 2 aliphatic rings. The third-order valence-electron chi connectivity index (χ3n) is 2.53. The van der Waals surface area contributed by atoms with E-state index in [1.807, 2.05) is 0 Å². The van der Waals surface area contributed by atoms with Gasteiger partial charge >= 0.3 is 5.97 Å². The molecule has 2 rings (SSSR count). The van der Waals surface area contributed by atoms with Crippen molar-refractivity contribution >= 4 is 11.8 Å². The van der Waals surface area contributed by atoms with Gasteiger partial charge in [-0.2, -0.15) is 0 Å². The quantitative estimate of drug-likeness (QED) is 0.478. The van der Waals surface area contributed by atoms with Gasteiger partial charge in [-0.25, -0.2) is 0 Å². The van der Waals surface area contributed by atoms with E-state index in [4.69, 9.17) is 4.74 Å². The van der Waals surface area contributed by atoms with Crippen molar-refractivity contribution in [2.45, 2.75) is 19.3 Å². The summed E-state index contributed by atoms with van der Waals surface area (Å²) >= 11 is 0. The number of hydrogen-bond donors (Lipinski definition) is 0. The smallest absolute Gasteiger partial charge is 0.306 e. The molecule has 0 bridgehead atoms. The first-order chi connectivity index (χ1) is 5.25. The first-order valence-electron chi connectivity index (χ1n) is 3.93. The summed E-state index contributed by atoms with van der Waals surface area (Å²) in [6.45, 7) is 0.468. The highest BCUT2D eigenvalue weighted by Crippen LogP contribution is 2.35. The fourth-order valence-electron chi connectivity index (χ4n) is 1.91. The van der Waals surface area contributed by atoms with E-state index in [-0.39, 0.29) is 5.97 Å². The molecular weight excluding hydrogens is 144 g/mol. The summed E-state index contributed by atoms with van der Waals surface area (Å²) in [6, 6.07) is 0. The lowest BCUT2D eigenvalue weighted by Gasteiger charge is -2.23. The van der Waals surface area contributed by atoms with Crippen LogP contribution in [0.3, 0.4) is 0 Å². The number of carbonyl (C=O) groups excluding carboxylic acids is 2. The standard InChI is InChI=1S/C8H10O3/c9-7-1-5-3-8(10)11-4-6(5)2-7/h5-6H,1-4H2/t5-,6+/m1/s1. The maximum Gasteiger partial charge on any atom is 0.306 e. The maximum atomic E-state index is 10.9. The summed E-state index contributed by atoms with van der Waals surface area (Å²) < 4.78 is 4.85. The molecule has 1 aliphatic carbocycles. The second-order valence-corrected chi connectivity index (χ2v) is 3.35. The van der Waals surface area contributed by atoms with Gasteiger partial charge in [0.25, 0.3) is 0 Å². The van der Waals surface area contributed by atoms with Crippen LogP contribution in [0, 0.1) is 11.8 Å². The van der Waals surface area contributed by atoms with Crippen LogP contribution in [0.25, 0.3) is 0 Å². The highest BCUT2D eigenvalue weighted by Gasteiger charge is 2.38. The number of hydrogen-bond acceptors (Lipinski definition) is 3. The molecule has 2 fully saturated rings. The zero-order valence-electron chi connectivity index (χ0n) is 6.21. The van der Waals surface area contributed by atoms with Crippen molar-refractivity contribution in [2.24, 2.45) is 11.8 Å². The monoisotopic (exact) mass is 154 g/mol. The van der Waals surface area contributed by atoms with Gasteiger partial charge in [-0.05, 0) is 5.92 Å². The summed E-state index contributed by atoms with van der Waals surface area (Å²) in [5.41, 5.74) is 0. The fourth-order valence-corrected chi connectivity index (χ4v) is 1.91. The van der Waals surface area contributed by atoms with E-state index >= 15 is 0 Å². The van der Waals surface area contributed by atoms with Crippen LogP contribution < -0.4 is 0 Å². The fraction of sp³-hybridized carbons (Fsp3) is 0.750. The van der Waals surface area contributed by atoms with Gasteiger partial charge in [-0.1, -0.05) is 0 Å². The minimum Gasteiger partial charge on any atom is -0.465 e. The van der Waals surface area contributed by atoms with Crippen molar-refractivity contribution < 1.29 is 14.3 Å². The second-order valence-electron chi connectivity index (χ2n) is 3.35. The number of ketones is 1. The van der Waals surface area contributed by atoms with Crippen molar-refractivity contribution in [3.63, 3.8) is 0 Å². The lowest BCUT2D eigenvalue weighted by molar-refractivity contribution is -0.151. The van der Waals surface area contributed by atoms with Crippen LogP contribution in [-0.2, 0) is 14.3 Å². The third-order valence-corrected chi connectivity index (χ3v) is 2.53. The Bertz CT molecular complexity index is 207. The van der Waals surface area contributed by atoms with E-state index in [1.54, 1.807) is 0 Å². The first kappa shape index (κ1) is 6.83. The average molecular weight is 154 g/mol. The van der Waals surface area contributed by atoms with Gasteiger partial charge in [0.2, 0.25) is 0 Å². The van der Waals surface area contributed by atoms with E-state index in [1.165, 1.54) is 0 Å². The molecule has 0 aromatic rings. The van der Waals surface area contributed by atoms with E-state index in [2.05, 4.69) is 0 Å². The Morgan fingerprint density at radius 1 is 1.09 bits per heavy atom. The molecule has 0 N–H and O–H groups in total. The predicted molar refractivity (Wildman–Crippen MR) is 36.8 cm³/mol. The third kappa shape index (κ3) is 1.15. The van der Waals surface area contributed by atoms with Gasteiger partial charge in [0.05, 0.1) is 6.61 Å². The SMILES string of the molecule is O=C1C[C@H]2COC(=O)C[C@H]2C1. The van der Waals surface area contributed by atoms with Gasteiger partial charge in [0.1, 0.15) is 5.78 Å². The molecule has 0 spiro atoms. The van der Waals surface area contributed by atoms with Crippen LogP contribution in [0.5, 0.6) is 0 Å². The van der Waals surface area contributed by atoms with Gasteiger partial charge in [0.15, 0.2) is 0 Å². The zero-order chi connectivity index (χ0) is 7.84. The molecule has 0 aromatic carbocycles. The van der Waals surface area contributed by atoms with Crippen molar-refractivity contribution in [3.8, 4) is 0 Å². The highest BCUT2D eigenvalue weighted by atomic mass is 16.5. The number of ether oxygens (including phenoxy) is 1. The Hall–Kier alpha value is -0.860. The molecule has 1 heterocycles. The van der Waals surface area contributed by atoms with E-state index < -0.39 is 0 Å². The molecule has 11 heavy (non-hydrogen) atoms. The van der Waals surface area contributed by atoms with Crippen molar-refractivity contribution in [3.05, 3.63) is 0 Å². The number of rotatable bonds is 0. The zero-order valence-corrected chi connectivity index (χ0v) is 6.21. The molecule has 3 heteroatoms. The van der Waals surface area contributed by atoms with Crippen molar-refractivity contribution in [2.75, 3.05) is 6.61 Å². The van der Waals surface area contributed by atoms with Crippen LogP contribution in [0.1, 0.15) is 19.3 Å². The minimum absolute atomic E-state index is 0.138. The van der Waals surface area contributed by atoms with Gasteiger partial charge < -0.3 is 4.74 Å². The summed E-state index contributed by atoms with van der Waals surface area (Å²) in [5, 5.41) is 0. The normalized spacial score (nSPS) is 36.7. The summed E-state index contributed by atoms with van der Waals surface area (Å²) in [5.74, 6) is 0.781. The van der Waals surface area contributed by atoms with Crippen molar-refractivity contribution in [1.82, 2.24) is 0 Å². The molecular formula is C8H10O3. The Labute approximate surface area is 64.7 Å². The maximum absolute atomic E-state index is 10.9. The van der Waals surface area contributed by atoms with Gasteiger partial charge in [0, 0.05) is 25.2 Å². The second kappa shape index (κ2) is 2.32. The Morgan fingerprint density at radius 2 is 1.82 bits per heavy atom. The van der Waals surface area contributed by atoms with Crippen LogP contribution in [-0.4, -0.2) is 18.4 Å². The van der Waals surface area contributed by atoms with Crippen LogP contribution in [0.15, 0.2) is 0 Å². The average Bonchev–Trinajstić information content (AvgIpc) is 2.27. The molecule has 1 aliphatic heterocycles. The van der Waals surface area contributed by atoms with E-state index in [0.717, 1.165) is 0 Å². The number of Topliss-reactive ketones (excluding diaryl/α,β-unsaturated/α-hetero) is 1. The summed E-state index contributed by atoms with van der Waals surface area (Å²) in [6.07, 6.45) is 1.67. The summed E-state index contributed by atoms with van der Waals surface area (Å²) in [4.78, 5) is 21.7. The molecule has 0 amide bonds. The van der Waals surface area contributed by atoms with Crippen LogP contribution in [0.2, 0.25) is 0 Å². The number of fused-ring (bicyclic) bond motifs is 1. The van der Waals surface area contributed by atoms with E-state index in [0.29, 0.717) is 43.5 Å². The summed E-state index contributed by atoms with van der Waals surface area (Å²) in [7, 11) is 0. The van der Waals surface area contributed by atoms with Gasteiger partial charge in [-0.3, -0.25) is 9.59 Å². The Balaban J connectivity index is 2.08. The predicted octanol–water partition coefficient (Wildman–Crippen LogP) is 0.529. The topological polar surface area (TPSA) is 43.4 Å². The molecule has 0 aromatic heterocycles. The molecule has 1 saturated heterocycles. The molecule has 1 saturated carbocycles. The number of cyclic esters (lactones) is 1. The highest BCUT2D eigenvalue weighted by molar-refractivity contribution is 5.83. The molecule has 3 nitrogen and oxygen atoms in total. The van der Waals surface area contributed by atoms with Gasteiger partial charge in [-0.15, -0.1) is 0 Å². The lowest BCUT2D eigenvalue weighted by Crippen LogP contribution is -2.26. The molecule has 2 atom stereocenters. The minimum atomic E-state index is -0.138.